The number of hydrogen-bond acceptors (Lipinski definition) is 3. The number of hydrogen-bond donors (Lipinski definition) is 3. The van der Waals surface area contributed by atoms with Crippen LogP contribution in [0.3, 0.4) is 0 Å². The largest absolute Gasteiger partial charge is 0.348 e. The van der Waals surface area contributed by atoms with Crippen LogP contribution < -0.4 is 21.8 Å². The standard InChI is InChI=1S/C21H20N4O2/c1-5-13-6-8-14(9-7-13)10-16-19(26)25-17(20(27)24-16)11-15-18(21(2,3)4)23-12-22-15/h1,6-12H,2-4H3,(H,22,23)(H,24,27)(H,25,26)/b16-10-,17-11-. The molecule has 0 fully saturated rings. The lowest BCUT2D eigenvalue weighted by Gasteiger charge is -2.16. The molecule has 6 nitrogen and oxygen atoms in total. The van der Waals surface area contributed by atoms with Crippen LogP contribution in [0.15, 0.2) is 40.2 Å². The van der Waals surface area contributed by atoms with Gasteiger partial charge in [-0.25, -0.2) is 4.98 Å². The van der Waals surface area contributed by atoms with Gasteiger partial charge < -0.3 is 15.0 Å². The smallest absolute Gasteiger partial charge is 0.272 e. The predicted molar refractivity (Wildman–Crippen MR) is 106 cm³/mol. The first-order valence-corrected chi connectivity index (χ1v) is 8.44. The van der Waals surface area contributed by atoms with Crippen LogP contribution in [0.2, 0.25) is 0 Å². The molecule has 2 heterocycles. The molecule has 3 N–H and O–H groups in total. The number of rotatable bonds is 2. The molecule has 0 atom stereocenters. The van der Waals surface area contributed by atoms with E-state index in [9.17, 15) is 9.59 Å². The van der Waals surface area contributed by atoms with Gasteiger partial charge in [0.05, 0.1) is 12.0 Å². The summed E-state index contributed by atoms with van der Waals surface area (Å²) in [5.74, 6) is 2.53. The summed E-state index contributed by atoms with van der Waals surface area (Å²) < 4.78 is 0. The lowest BCUT2D eigenvalue weighted by molar-refractivity contribution is 0.571. The van der Waals surface area contributed by atoms with Gasteiger partial charge >= 0.3 is 0 Å². The monoisotopic (exact) mass is 360 g/mol. The maximum atomic E-state index is 12.4. The Labute approximate surface area is 155 Å². The second-order valence-electron chi connectivity index (χ2n) is 7.20. The highest BCUT2D eigenvalue weighted by Gasteiger charge is 2.19. The van der Waals surface area contributed by atoms with Crippen molar-refractivity contribution in [1.29, 1.82) is 0 Å². The Morgan fingerprint density at radius 2 is 1.59 bits per heavy atom. The van der Waals surface area contributed by atoms with Crippen LogP contribution in [0.1, 0.15) is 43.3 Å². The highest BCUT2D eigenvalue weighted by molar-refractivity contribution is 5.51. The molecule has 1 aromatic carbocycles. The average molecular weight is 360 g/mol. The van der Waals surface area contributed by atoms with Crippen molar-refractivity contribution in [2.45, 2.75) is 26.2 Å². The van der Waals surface area contributed by atoms with Crippen molar-refractivity contribution in [3.8, 4) is 12.3 Å². The second kappa shape index (κ2) is 6.96. The van der Waals surface area contributed by atoms with Crippen molar-refractivity contribution < 1.29 is 0 Å². The molecule has 0 aliphatic rings. The molecule has 0 unspecified atom stereocenters. The van der Waals surface area contributed by atoms with E-state index in [1.54, 1.807) is 42.7 Å². The summed E-state index contributed by atoms with van der Waals surface area (Å²) in [5, 5.41) is 0.320. The Bertz CT molecular complexity index is 1240. The number of nitrogens with one attached hydrogen (secondary N) is 3. The lowest BCUT2D eigenvalue weighted by atomic mass is 9.90. The number of imidazole rings is 1. The van der Waals surface area contributed by atoms with Gasteiger partial charge in [0.2, 0.25) is 0 Å². The third-order valence-corrected chi connectivity index (χ3v) is 4.07. The van der Waals surface area contributed by atoms with Crippen LogP contribution in [0.4, 0.5) is 0 Å². The molecule has 0 aliphatic carbocycles. The third kappa shape index (κ3) is 3.98. The SMILES string of the molecule is C#Cc1ccc(/C=c2\[nH]c(=O)/c(=C/c3nc[nH]c3C(C)(C)C)[nH]c2=O)cc1. The highest BCUT2D eigenvalue weighted by Crippen LogP contribution is 2.22. The molecule has 136 valence electrons. The molecule has 6 heteroatoms. The van der Waals surface area contributed by atoms with Crippen LogP contribution >= 0.6 is 0 Å². The fourth-order valence-corrected chi connectivity index (χ4v) is 2.69. The summed E-state index contributed by atoms with van der Waals surface area (Å²) >= 11 is 0. The summed E-state index contributed by atoms with van der Waals surface area (Å²) in [7, 11) is 0. The molecule has 0 amide bonds. The Morgan fingerprint density at radius 3 is 2.15 bits per heavy atom. The van der Waals surface area contributed by atoms with Crippen molar-refractivity contribution in [3.63, 3.8) is 0 Å². The van der Waals surface area contributed by atoms with Crippen LogP contribution in [0.25, 0.3) is 12.2 Å². The van der Waals surface area contributed by atoms with Crippen LogP contribution in [0, 0.1) is 12.3 Å². The van der Waals surface area contributed by atoms with Gasteiger partial charge in [-0.2, -0.15) is 0 Å². The van der Waals surface area contributed by atoms with Gasteiger partial charge in [-0.05, 0) is 29.8 Å². The zero-order chi connectivity index (χ0) is 19.6. The van der Waals surface area contributed by atoms with Crippen molar-refractivity contribution >= 4 is 12.2 Å². The average Bonchev–Trinajstić information content (AvgIpc) is 3.08. The van der Waals surface area contributed by atoms with E-state index in [1.807, 2.05) is 20.8 Å². The van der Waals surface area contributed by atoms with Gasteiger partial charge in [-0.15, -0.1) is 6.42 Å². The number of aromatic amines is 3. The van der Waals surface area contributed by atoms with E-state index >= 15 is 0 Å². The lowest BCUT2D eigenvalue weighted by Crippen LogP contribution is -2.46. The molecule has 0 bridgehead atoms. The summed E-state index contributed by atoms with van der Waals surface area (Å²) in [6.07, 6.45) is 10.1. The van der Waals surface area contributed by atoms with Crippen molar-refractivity contribution in [1.82, 2.24) is 19.9 Å². The minimum Gasteiger partial charge on any atom is -0.348 e. The van der Waals surface area contributed by atoms with E-state index in [4.69, 9.17) is 6.42 Å². The maximum Gasteiger partial charge on any atom is 0.272 e. The minimum atomic E-state index is -0.399. The first kappa shape index (κ1) is 18.2. The van der Waals surface area contributed by atoms with Gasteiger partial charge in [-0.1, -0.05) is 38.8 Å². The summed E-state index contributed by atoms with van der Waals surface area (Å²) in [6.45, 7) is 6.11. The number of H-pyrrole nitrogens is 3. The molecule has 3 aromatic rings. The first-order chi connectivity index (χ1) is 12.8. The molecular formula is C21H20N4O2. The van der Waals surface area contributed by atoms with E-state index in [0.717, 1.165) is 16.8 Å². The second-order valence-corrected chi connectivity index (χ2v) is 7.20. The Hall–Kier alpha value is -3.59. The Kier molecular flexibility index (Phi) is 4.70. The molecule has 3 rings (SSSR count). The number of aromatic nitrogens is 4. The van der Waals surface area contributed by atoms with E-state index in [2.05, 4.69) is 25.9 Å². The molecule has 0 radical (unpaired) electrons. The predicted octanol–water partition coefficient (Wildman–Crippen LogP) is 0.723. The van der Waals surface area contributed by atoms with E-state index in [-0.39, 0.29) is 16.1 Å². The molecule has 27 heavy (non-hydrogen) atoms. The Morgan fingerprint density at radius 1 is 1.00 bits per heavy atom. The molecule has 0 saturated carbocycles. The molecule has 0 saturated heterocycles. The fourth-order valence-electron chi connectivity index (χ4n) is 2.69. The van der Waals surface area contributed by atoms with Crippen molar-refractivity contribution in [3.05, 3.63) is 84.5 Å². The highest BCUT2D eigenvalue weighted by atomic mass is 16.1. The topological polar surface area (TPSA) is 94.4 Å². The summed E-state index contributed by atoms with van der Waals surface area (Å²) in [5.41, 5.74) is 2.03. The maximum absolute atomic E-state index is 12.4. The quantitative estimate of drug-likeness (QED) is 0.588. The summed E-state index contributed by atoms with van der Waals surface area (Å²) in [6, 6.07) is 7.11. The summed E-state index contributed by atoms with van der Waals surface area (Å²) in [4.78, 5) is 37.4. The number of terminal acetylenes is 1. The molecule has 2 aromatic heterocycles. The van der Waals surface area contributed by atoms with Gasteiger partial charge in [-0.3, -0.25) is 9.59 Å². The van der Waals surface area contributed by atoms with E-state index in [1.165, 1.54) is 0 Å². The van der Waals surface area contributed by atoms with Gasteiger partial charge in [0.15, 0.2) is 0 Å². The minimum absolute atomic E-state index is 0.150. The normalized spacial score (nSPS) is 13.0. The van der Waals surface area contributed by atoms with E-state index < -0.39 is 11.1 Å². The van der Waals surface area contributed by atoms with Crippen LogP contribution in [-0.2, 0) is 5.41 Å². The number of nitrogens with zero attached hydrogens (tertiary/aromatic N) is 1. The van der Waals surface area contributed by atoms with E-state index in [0.29, 0.717) is 5.69 Å². The zero-order valence-electron chi connectivity index (χ0n) is 15.4. The Balaban J connectivity index is 2.10. The number of benzene rings is 1. The fraction of sp³-hybridized carbons (Fsp3) is 0.190. The van der Waals surface area contributed by atoms with Crippen LogP contribution in [-0.4, -0.2) is 19.9 Å². The first-order valence-electron chi connectivity index (χ1n) is 8.44. The third-order valence-electron chi connectivity index (χ3n) is 4.07. The van der Waals surface area contributed by atoms with Gasteiger partial charge in [0.25, 0.3) is 11.1 Å². The van der Waals surface area contributed by atoms with Crippen LogP contribution in [0.5, 0.6) is 0 Å². The molecule has 0 aliphatic heterocycles. The van der Waals surface area contributed by atoms with Gasteiger partial charge in [0.1, 0.15) is 10.7 Å². The molecular weight excluding hydrogens is 340 g/mol. The molecule has 0 spiro atoms. The van der Waals surface area contributed by atoms with Crippen molar-refractivity contribution in [2.75, 3.05) is 0 Å². The van der Waals surface area contributed by atoms with Gasteiger partial charge in [0, 0.05) is 16.7 Å². The van der Waals surface area contributed by atoms with Crippen molar-refractivity contribution in [2.24, 2.45) is 0 Å². The zero-order valence-corrected chi connectivity index (χ0v) is 15.4.